The molecule has 0 aliphatic heterocycles. The number of hydrogen-bond donors (Lipinski definition) is 0. The van der Waals surface area contributed by atoms with E-state index in [1.807, 2.05) is 0 Å². The number of carbonyl (C=O) groups excluding carboxylic acids is 1. The molecule has 7 heteroatoms. The first-order chi connectivity index (χ1) is 8.37. The Kier molecular flexibility index (Phi) is 4.84. The van der Waals surface area contributed by atoms with Crippen LogP contribution in [0.3, 0.4) is 0 Å². The van der Waals surface area contributed by atoms with Gasteiger partial charge in [0.25, 0.3) is 0 Å². The lowest BCUT2D eigenvalue weighted by molar-refractivity contribution is -0.274. The van der Waals surface area contributed by atoms with Gasteiger partial charge in [-0.05, 0) is 12.1 Å². The zero-order chi connectivity index (χ0) is 13.8. The Labute approximate surface area is 106 Å². The average molecular weight is 283 g/mol. The van der Waals surface area contributed by atoms with Crippen LogP contribution in [-0.4, -0.2) is 25.1 Å². The maximum absolute atomic E-state index is 12.0. The van der Waals surface area contributed by atoms with Crippen LogP contribution in [0.1, 0.15) is 16.8 Å². The normalized spacial score (nSPS) is 11.2. The first kappa shape index (κ1) is 14.6. The first-order valence-corrected chi connectivity index (χ1v) is 5.44. The zero-order valence-corrected chi connectivity index (χ0v) is 10.1. The van der Waals surface area contributed by atoms with Crippen LogP contribution < -0.4 is 9.47 Å². The minimum absolute atomic E-state index is 0.0202. The van der Waals surface area contributed by atoms with Crippen molar-refractivity contribution in [3.63, 3.8) is 0 Å². The second-order valence-corrected chi connectivity index (χ2v) is 3.65. The van der Waals surface area contributed by atoms with E-state index >= 15 is 0 Å². The van der Waals surface area contributed by atoms with Crippen LogP contribution in [0.15, 0.2) is 18.2 Å². The minimum atomic E-state index is -4.79. The van der Waals surface area contributed by atoms with Crippen molar-refractivity contribution in [3.8, 4) is 11.5 Å². The van der Waals surface area contributed by atoms with Crippen molar-refractivity contribution in [3.05, 3.63) is 23.8 Å². The topological polar surface area (TPSA) is 35.5 Å². The van der Waals surface area contributed by atoms with Crippen molar-refractivity contribution < 1.29 is 27.4 Å². The van der Waals surface area contributed by atoms with E-state index in [-0.39, 0.29) is 29.4 Å². The number of rotatable bonds is 5. The standard InChI is InChI=1S/C11H10ClF3O3/c1-17-10-6-7(18-11(13,14)15)2-3-8(10)9(16)4-5-12/h2-3,6H,4-5H2,1H3. The van der Waals surface area contributed by atoms with Gasteiger partial charge in [0.1, 0.15) is 11.5 Å². The Hall–Kier alpha value is -1.43. The highest BCUT2D eigenvalue weighted by molar-refractivity contribution is 6.19. The van der Waals surface area contributed by atoms with Gasteiger partial charge in [-0.2, -0.15) is 0 Å². The van der Waals surface area contributed by atoms with Crippen LogP contribution in [0.5, 0.6) is 11.5 Å². The van der Waals surface area contributed by atoms with Crippen LogP contribution >= 0.6 is 11.6 Å². The number of carbonyl (C=O) groups is 1. The summed E-state index contributed by atoms with van der Waals surface area (Å²) in [6.45, 7) is 0. The van der Waals surface area contributed by atoms with Crippen molar-refractivity contribution in [1.29, 1.82) is 0 Å². The van der Waals surface area contributed by atoms with Crippen LogP contribution in [0, 0.1) is 0 Å². The fourth-order valence-electron chi connectivity index (χ4n) is 1.32. The molecular formula is C11H10ClF3O3. The summed E-state index contributed by atoms with van der Waals surface area (Å²) < 4.78 is 44.6. The van der Waals surface area contributed by atoms with E-state index < -0.39 is 12.1 Å². The van der Waals surface area contributed by atoms with Crippen molar-refractivity contribution in [2.75, 3.05) is 13.0 Å². The molecule has 0 bridgehead atoms. The lowest BCUT2D eigenvalue weighted by Gasteiger charge is -2.12. The van der Waals surface area contributed by atoms with E-state index in [9.17, 15) is 18.0 Å². The van der Waals surface area contributed by atoms with Crippen LogP contribution in [-0.2, 0) is 0 Å². The highest BCUT2D eigenvalue weighted by Crippen LogP contribution is 2.29. The van der Waals surface area contributed by atoms with Gasteiger partial charge in [0.15, 0.2) is 5.78 Å². The molecule has 0 saturated heterocycles. The lowest BCUT2D eigenvalue weighted by Crippen LogP contribution is -2.17. The summed E-state index contributed by atoms with van der Waals surface area (Å²) in [6.07, 6.45) is -4.70. The second kappa shape index (κ2) is 5.95. The number of halogens is 4. The molecule has 3 nitrogen and oxygen atoms in total. The Morgan fingerprint density at radius 1 is 1.39 bits per heavy atom. The molecule has 0 heterocycles. The third kappa shape index (κ3) is 4.10. The van der Waals surface area contributed by atoms with E-state index in [0.29, 0.717) is 0 Å². The van der Waals surface area contributed by atoms with Gasteiger partial charge in [-0.1, -0.05) is 0 Å². The molecule has 0 atom stereocenters. The number of benzene rings is 1. The molecule has 1 aromatic carbocycles. The monoisotopic (exact) mass is 282 g/mol. The molecule has 0 fully saturated rings. The summed E-state index contributed by atoms with van der Waals surface area (Å²) >= 11 is 5.43. The van der Waals surface area contributed by atoms with Gasteiger partial charge in [0, 0.05) is 18.4 Å². The molecular weight excluding hydrogens is 273 g/mol. The van der Waals surface area contributed by atoms with Gasteiger partial charge in [-0.25, -0.2) is 0 Å². The number of Topliss-reactive ketones (excluding diaryl/α,β-unsaturated/α-hetero) is 1. The first-order valence-electron chi connectivity index (χ1n) is 4.90. The molecule has 0 saturated carbocycles. The van der Waals surface area contributed by atoms with E-state index in [1.54, 1.807) is 0 Å². The molecule has 0 aliphatic rings. The summed E-state index contributed by atoms with van der Waals surface area (Å²) in [4.78, 5) is 11.6. The fraction of sp³-hybridized carbons (Fsp3) is 0.364. The van der Waals surface area contributed by atoms with Crippen molar-refractivity contribution >= 4 is 17.4 Å². The predicted octanol–water partition coefficient (Wildman–Crippen LogP) is 3.41. The van der Waals surface area contributed by atoms with E-state index in [0.717, 1.165) is 12.1 Å². The fourth-order valence-corrected chi connectivity index (χ4v) is 1.49. The molecule has 0 spiro atoms. The van der Waals surface area contributed by atoms with Crippen molar-refractivity contribution in [2.45, 2.75) is 12.8 Å². The maximum Gasteiger partial charge on any atom is 0.573 e. The van der Waals surface area contributed by atoms with E-state index in [2.05, 4.69) is 4.74 Å². The molecule has 0 unspecified atom stereocenters. The molecule has 0 amide bonds. The maximum atomic E-state index is 12.0. The van der Waals surface area contributed by atoms with Gasteiger partial charge >= 0.3 is 6.36 Å². The quantitative estimate of drug-likeness (QED) is 0.613. The largest absolute Gasteiger partial charge is 0.573 e. The predicted molar refractivity (Wildman–Crippen MR) is 59.3 cm³/mol. The molecule has 0 aliphatic carbocycles. The second-order valence-electron chi connectivity index (χ2n) is 3.27. The van der Waals surface area contributed by atoms with E-state index in [4.69, 9.17) is 16.3 Å². The molecule has 0 N–H and O–H groups in total. The minimum Gasteiger partial charge on any atom is -0.496 e. The number of ketones is 1. The van der Waals surface area contributed by atoms with Crippen LogP contribution in [0.4, 0.5) is 13.2 Å². The molecule has 18 heavy (non-hydrogen) atoms. The summed E-state index contributed by atoms with van der Waals surface area (Å²) in [5.74, 6) is -0.600. The Morgan fingerprint density at radius 3 is 2.56 bits per heavy atom. The number of hydrogen-bond acceptors (Lipinski definition) is 3. The summed E-state index contributed by atoms with van der Waals surface area (Å²) in [5.41, 5.74) is 0.174. The molecule has 100 valence electrons. The van der Waals surface area contributed by atoms with Crippen molar-refractivity contribution in [1.82, 2.24) is 0 Å². The third-order valence-corrected chi connectivity index (χ3v) is 2.22. The number of alkyl halides is 4. The Balaban J connectivity index is 3.00. The molecule has 1 aromatic rings. The van der Waals surface area contributed by atoms with E-state index in [1.165, 1.54) is 13.2 Å². The van der Waals surface area contributed by atoms with Gasteiger partial charge in [-0.15, -0.1) is 24.8 Å². The Morgan fingerprint density at radius 2 is 2.06 bits per heavy atom. The van der Waals surface area contributed by atoms with Gasteiger partial charge in [-0.3, -0.25) is 4.79 Å². The molecule has 0 radical (unpaired) electrons. The highest BCUT2D eigenvalue weighted by Gasteiger charge is 2.31. The number of ether oxygens (including phenoxy) is 2. The molecule has 0 aromatic heterocycles. The van der Waals surface area contributed by atoms with Crippen LogP contribution in [0.25, 0.3) is 0 Å². The average Bonchev–Trinajstić information content (AvgIpc) is 2.27. The summed E-state index contributed by atoms with van der Waals surface area (Å²) in [7, 11) is 1.25. The van der Waals surface area contributed by atoms with Gasteiger partial charge in [0.05, 0.1) is 12.7 Å². The smallest absolute Gasteiger partial charge is 0.496 e. The van der Waals surface area contributed by atoms with Gasteiger partial charge in [0.2, 0.25) is 0 Å². The number of methoxy groups -OCH3 is 1. The summed E-state index contributed by atoms with van der Waals surface area (Å²) in [6, 6.07) is 3.28. The van der Waals surface area contributed by atoms with Crippen LogP contribution in [0.2, 0.25) is 0 Å². The lowest BCUT2D eigenvalue weighted by atomic mass is 10.1. The van der Waals surface area contributed by atoms with Crippen molar-refractivity contribution in [2.24, 2.45) is 0 Å². The zero-order valence-electron chi connectivity index (χ0n) is 9.38. The molecule has 1 rings (SSSR count). The third-order valence-electron chi connectivity index (χ3n) is 2.03. The highest BCUT2D eigenvalue weighted by atomic mass is 35.5. The van der Waals surface area contributed by atoms with Gasteiger partial charge < -0.3 is 9.47 Å². The SMILES string of the molecule is COc1cc(OC(F)(F)F)ccc1C(=O)CCCl. The Bertz CT molecular complexity index is 432. The summed E-state index contributed by atoms with van der Waals surface area (Å²) in [5, 5.41) is 0.